The van der Waals surface area contributed by atoms with E-state index in [1.807, 2.05) is 0 Å². The SMILES string of the molecule is COC(=O)c1ccc(C)c(S(=O)(=O)N(C)CCC(C)O)c1. The molecular formula is C14H21NO5S. The van der Waals surface area contributed by atoms with Gasteiger partial charge in [0.25, 0.3) is 0 Å². The van der Waals surface area contributed by atoms with Crippen molar-refractivity contribution in [3.63, 3.8) is 0 Å². The Bertz CT molecular complexity index is 610. The molecule has 0 saturated carbocycles. The van der Waals surface area contributed by atoms with Gasteiger partial charge in [-0.15, -0.1) is 0 Å². The zero-order chi connectivity index (χ0) is 16.2. The first-order chi connectivity index (χ1) is 9.70. The van der Waals surface area contributed by atoms with Crippen LogP contribution in [-0.2, 0) is 14.8 Å². The Labute approximate surface area is 125 Å². The minimum Gasteiger partial charge on any atom is -0.465 e. The summed E-state index contributed by atoms with van der Waals surface area (Å²) in [6.45, 7) is 3.46. The summed E-state index contributed by atoms with van der Waals surface area (Å²) < 4.78 is 30.8. The molecule has 0 spiro atoms. The smallest absolute Gasteiger partial charge is 0.337 e. The summed E-state index contributed by atoms with van der Waals surface area (Å²) in [4.78, 5) is 11.6. The topological polar surface area (TPSA) is 83.9 Å². The molecule has 1 atom stereocenters. The third-order valence-electron chi connectivity index (χ3n) is 3.16. The molecule has 0 heterocycles. The number of aryl methyl sites for hydroxylation is 1. The number of rotatable bonds is 6. The van der Waals surface area contributed by atoms with Crippen LogP contribution in [0.3, 0.4) is 0 Å². The van der Waals surface area contributed by atoms with Gasteiger partial charge in [-0.05, 0) is 38.0 Å². The fraction of sp³-hybridized carbons (Fsp3) is 0.500. The second-order valence-corrected chi connectivity index (χ2v) is 6.95. The van der Waals surface area contributed by atoms with Crippen LogP contribution < -0.4 is 0 Å². The van der Waals surface area contributed by atoms with Crippen molar-refractivity contribution in [3.8, 4) is 0 Å². The number of sulfonamides is 1. The number of aliphatic hydroxyl groups is 1. The molecule has 0 bridgehead atoms. The number of aliphatic hydroxyl groups excluding tert-OH is 1. The van der Waals surface area contributed by atoms with Gasteiger partial charge < -0.3 is 9.84 Å². The van der Waals surface area contributed by atoms with Gasteiger partial charge in [-0.1, -0.05) is 6.07 Å². The van der Waals surface area contributed by atoms with E-state index in [1.54, 1.807) is 19.9 Å². The number of nitrogens with zero attached hydrogens (tertiary/aromatic N) is 1. The number of carbonyl (C=O) groups excluding carboxylic acids is 1. The quantitative estimate of drug-likeness (QED) is 0.797. The lowest BCUT2D eigenvalue weighted by Crippen LogP contribution is -2.30. The molecule has 0 aliphatic heterocycles. The molecule has 0 saturated heterocycles. The van der Waals surface area contributed by atoms with Crippen molar-refractivity contribution in [1.29, 1.82) is 0 Å². The van der Waals surface area contributed by atoms with Gasteiger partial charge in [0.15, 0.2) is 0 Å². The fourth-order valence-electron chi connectivity index (χ4n) is 1.78. The molecule has 118 valence electrons. The number of benzene rings is 1. The van der Waals surface area contributed by atoms with Gasteiger partial charge in [0, 0.05) is 13.6 Å². The van der Waals surface area contributed by atoms with Gasteiger partial charge in [0.1, 0.15) is 0 Å². The Balaban J connectivity index is 3.15. The molecular weight excluding hydrogens is 294 g/mol. The van der Waals surface area contributed by atoms with Crippen LogP contribution in [-0.4, -0.2) is 50.6 Å². The maximum Gasteiger partial charge on any atom is 0.337 e. The van der Waals surface area contributed by atoms with Gasteiger partial charge in [0.05, 0.1) is 23.7 Å². The van der Waals surface area contributed by atoms with Gasteiger partial charge in [-0.25, -0.2) is 17.5 Å². The fourth-order valence-corrected chi connectivity index (χ4v) is 3.21. The number of hydrogen-bond acceptors (Lipinski definition) is 5. The third kappa shape index (κ3) is 4.26. The van der Waals surface area contributed by atoms with Crippen LogP contribution in [0.25, 0.3) is 0 Å². The normalized spacial score (nSPS) is 13.2. The Morgan fingerprint density at radius 1 is 1.43 bits per heavy atom. The van der Waals surface area contributed by atoms with E-state index in [0.717, 1.165) is 0 Å². The van der Waals surface area contributed by atoms with Gasteiger partial charge in [-0.3, -0.25) is 0 Å². The van der Waals surface area contributed by atoms with Crippen molar-refractivity contribution < 1.29 is 23.1 Å². The molecule has 1 rings (SSSR count). The lowest BCUT2D eigenvalue weighted by atomic mass is 10.1. The molecule has 0 radical (unpaired) electrons. The van der Waals surface area contributed by atoms with Crippen LogP contribution in [0.15, 0.2) is 23.1 Å². The zero-order valence-corrected chi connectivity index (χ0v) is 13.5. The van der Waals surface area contributed by atoms with E-state index in [9.17, 15) is 18.3 Å². The summed E-state index contributed by atoms with van der Waals surface area (Å²) in [6.07, 6.45) is -0.240. The molecule has 21 heavy (non-hydrogen) atoms. The summed E-state index contributed by atoms with van der Waals surface area (Å²) in [5, 5.41) is 9.26. The van der Waals surface area contributed by atoms with Crippen LogP contribution in [0.2, 0.25) is 0 Å². The molecule has 1 N–H and O–H groups in total. The van der Waals surface area contributed by atoms with E-state index in [-0.39, 0.29) is 17.0 Å². The second kappa shape index (κ2) is 7.02. The molecule has 7 heteroatoms. The standard InChI is InChI=1S/C14H21NO5S/c1-10-5-6-12(14(17)20-4)9-13(10)21(18,19)15(3)8-7-11(2)16/h5-6,9,11,16H,7-8H2,1-4H3. The van der Waals surface area contributed by atoms with Gasteiger partial charge >= 0.3 is 5.97 Å². The number of hydrogen-bond donors (Lipinski definition) is 1. The maximum absolute atomic E-state index is 12.5. The van der Waals surface area contributed by atoms with Crippen LogP contribution >= 0.6 is 0 Å². The van der Waals surface area contributed by atoms with Gasteiger partial charge in [0.2, 0.25) is 10.0 Å². The molecule has 1 unspecified atom stereocenters. The van der Waals surface area contributed by atoms with Crippen molar-refractivity contribution in [3.05, 3.63) is 29.3 Å². The van der Waals surface area contributed by atoms with Crippen LogP contribution in [0.4, 0.5) is 0 Å². The maximum atomic E-state index is 12.5. The van der Waals surface area contributed by atoms with Crippen molar-refractivity contribution >= 4 is 16.0 Å². The number of methoxy groups -OCH3 is 1. The first-order valence-corrected chi connectivity index (χ1v) is 7.97. The van der Waals surface area contributed by atoms with Crippen molar-refractivity contribution in [2.45, 2.75) is 31.3 Å². The Morgan fingerprint density at radius 3 is 2.57 bits per heavy atom. The Kier molecular flexibility index (Phi) is 5.88. The summed E-state index contributed by atoms with van der Waals surface area (Å²) in [7, 11) is -1.03. The summed E-state index contributed by atoms with van der Waals surface area (Å²) in [6, 6.07) is 4.41. The molecule has 0 aliphatic carbocycles. The molecule has 1 aromatic carbocycles. The highest BCUT2D eigenvalue weighted by atomic mass is 32.2. The molecule has 6 nitrogen and oxygen atoms in total. The highest BCUT2D eigenvalue weighted by molar-refractivity contribution is 7.89. The van der Waals surface area contributed by atoms with Crippen LogP contribution in [0.5, 0.6) is 0 Å². The van der Waals surface area contributed by atoms with E-state index in [4.69, 9.17) is 0 Å². The first kappa shape index (κ1) is 17.6. The van der Waals surface area contributed by atoms with Crippen molar-refractivity contribution in [2.75, 3.05) is 20.7 Å². The lowest BCUT2D eigenvalue weighted by molar-refractivity contribution is 0.0600. The van der Waals surface area contributed by atoms with Crippen LogP contribution in [0, 0.1) is 6.92 Å². The Hall–Kier alpha value is -1.44. The van der Waals surface area contributed by atoms with E-state index in [1.165, 1.54) is 30.6 Å². The van der Waals surface area contributed by atoms with Crippen molar-refractivity contribution in [2.24, 2.45) is 0 Å². The van der Waals surface area contributed by atoms with E-state index >= 15 is 0 Å². The molecule has 0 aromatic heterocycles. The highest BCUT2D eigenvalue weighted by Gasteiger charge is 2.24. The first-order valence-electron chi connectivity index (χ1n) is 6.53. The lowest BCUT2D eigenvalue weighted by Gasteiger charge is -2.19. The largest absolute Gasteiger partial charge is 0.465 e. The van der Waals surface area contributed by atoms with Gasteiger partial charge in [-0.2, -0.15) is 0 Å². The van der Waals surface area contributed by atoms with E-state index in [0.29, 0.717) is 12.0 Å². The predicted octanol–water partition coefficient (Wildman–Crippen LogP) is 1.17. The molecule has 0 aliphatic rings. The van der Waals surface area contributed by atoms with Crippen LogP contribution in [0.1, 0.15) is 29.3 Å². The number of ether oxygens (including phenoxy) is 1. The van der Waals surface area contributed by atoms with E-state index < -0.39 is 22.1 Å². The number of carbonyl (C=O) groups is 1. The summed E-state index contributed by atoms with van der Waals surface area (Å²) >= 11 is 0. The third-order valence-corrected chi connectivity index (χ3v) is 5.16. The minimum absolute atomic E-state index is 0.0680. The molecule has 0 fully saturated rings. The average molecular weight is 315 g/mol. The highest BCUT2D eigenvalue weighted by Crippen LogP contribution is 2.21. The molecule has 1 aromatic rings. The predicted molar refractivity (Wildman–Crippen MR) is 78.6 cm³/mol. The average Bonchev–Trinajstić information content (AvgIpc) is 2.43. The summed E-state index contributed by atoms with van der Waals surface area (Å²) in [5.74, 6) is -0.585. The summed E-state index contributed by atoms with van der Waals surface area (Å²) in [5.41, 5.74) is 0.733. The Morgan fingerprint density at radius 2 is 2.05 bits per heavy atom. The number of esters is 1. The zero-order valence-electron chi connectivity index (χ0n) is 12.7. The second-order valence-electron chi connectivity index (χ2n) is 4.94. The van der Waals surface area contributed by atoms with E-state index in [2.05, 4.69) is 4.74 Å². The van der Waals surface area contributed by atoms with Crippen molar-refractivity contribution in [1.82, 2.24) is 4.31 Å². The minimum atomic E-state index is -3.72. The molecule has 0 amide bonds. The monoisotopic (exact) mass is 315 g/mol.